The van der Waals surface area contributed by atoms with E-state index in [0.717, 1.165) is 4.90 Å². The Morgan fingerprint density at radius 1 is 0.761 bits per heavy atom. The van der Waals surface area contributed by atoms with E-state index in [-0.39, 0.29) is 76.3 Å². The van der Waals surface area contributed by atoms with Gasteiger partial charge in [0.25, 0.3) is 11.7 Å². The molecule has 0 spiro atoms. The Bertz CT molecular complexity index is 2740. The summed E-state index contributed by atoms with van der Waals surface area (Å²) in [5.74, 6) is -11.4. The number of methoxy groups -OCH3 is 2. The zero-order valence-electron chi connectivity index (χ0n) is 51.7. The van der Waals surface area contributed by atoms with Crippen molar-refractivity contribution in [2.75, 3.05) is 66.0 Å². The largest absolute Gasteiger partial charge is 0.469 e. The molecule has 5 N–H and O–H groups in total. The molecule has 1 aliphatic carbocycles. The second-order valence-electron chi connectivity index (χ2n) is 23.6. The minimum absolute atomic E-state index is 0.000272. The number of piperidine rings is 1. The van der Waals surface area contributed by atoms with Gasteiger partial charge in [0.05, 0.1) is 50.9 Å². The zero-order chi connectivity index (χ0) is 64.1. The number of ether oxygens (including phenoxy) is 5. The van der Waals surface area contributed by atoms with Crippen LogP contribution in [0.2, 0.25) is 0 Å². The molecule has 4 aliphatic rings. The van der Waals surface area contributed by atoms with Crippen LogP contribution in [0.3, 0.4) is 0 Å². The summed E-state index contributed by atoms with van der Waals surface area (Å²) in [7, 11) is 5.60. The lowest BCUT2D eigenvalue weighted by Crippen LogP contribution is -2.60. The lowest BCUT2D eigenvalue weighted by molar-refractivity contribution is -0.262. The van der Waals surface area contributed by atoms with Crippen LogP contribution < -0.4 is 21.3 Å². The van der Waals surface area contributed by atoms with Gasteiger partial charge in [0.2, 0.25) is 41.2 Å². The van der Waals surface area contributed by atoms with Gasteiger partial charge in [0.15, 0.2) is 0 Å². The summed E-state index contributed by atoms with van der Waals surface area (Å²) in [6.45, 7) is 4.34. The Balaban J connectivity index is 1.23. The van der Waals surface area contributed by atoms with Crippen molar-refractivity contribution in [3.8, 4) is 0 Å². The van der Waals surface area contributed by atoms with E-state index in [4.69, 9.17) is 18.9 Å². The normalized spacial score (nSPS) is 29.0. The molecule has 2 aromatic carbocycles. The summed E-state index contributed by atoms with van der Waals surface area (Å²) in [6, 6.07) is 13.3. The maximum atomic E-state index is 14.6. The summed E-state index contributed by atoms with van der Waals surface area (Å²) < 4.78 is 28.4. The van der Waals surface area contributed by atoms with Gasteiger partial charge in [0, 0.05) is 59.6 Å². The Hall–Kier alpha value is -6.96. The molecule has 25 heteroatoms. The molecule has 24 nitrogen and oxygen atoms in total. The van der Waals surface area contributed by atoms with Gasteiger partial charge in [-0.05, 0) is 99.8 Å². The number of benzene rings is 2. The van der Waals surface area contributed by atoms with Crippen LogP contribution >= 0.6 is 11.8 Å². The first kappa shape index (κ1) is 70.1. The summed E-state index contributed by atoms with van der Waals surface area (Å²) >= 11 is 1.23. The number of likely N-dealkylation sites (N-methyl/N-ethyl adjacent to an activating group) is 2. The highest BCUT2D eigenvalue weighted by atomic mass is 32.2. The van der Waals surface area contributed by atoms with Crippen LogP contribution in [-0.2, 0) is 89.3 Å². The molecule has 0 radical (unpaired) electrons. The van der Waals surface area contributed by atoms with E-state index in [9.17, 15) is 57.8 Å². The Morgan fingerprint density at radius 2 is 1.42 bits per heavy atom. The highest BCUT2D eigenvalue weighted by Crippen LogP contribution is 2.37. The number of esters is 3. The molecule has 1 saturated carbocycles. The number of cyclic esters (lactones) is 1. The van der Waals surface area contributed by atoms with Crippen LogP contribution in [-0.4, -0.2) is 205 Å². The number of rotatable bonds is 12. The van der Waals surface area contributed by atoms with Gasteiger partial charge in [0.1, 0.15) is 36.4 Å². The summed E-state index contributed by atoms with van der Waals surface area (Å²) in [4.78, 5) is 155. The summed E-state index contributed by atoms with van der Waals surface area (Å²) in [5, 5.41) is 23.1. The molecular weight excluding hydrogens is 1160 g/mol. The standard InChI is InChI=1S/C63H89N7O17S/c1-39(32-44-22-24-49(51(35-44)83-6)85-56(75)26-25-55(74)84-7)50-36-52(71)64-28-29-65-53(72)37-68(4)60(79)46(33-42-16-10-8-11-17-42)67-58(77)48(34-43-18-12-9-13-19-43)69(5)59(78)41(3)66-54(73)38-88-31-27-45-23-21-40(2)63(82,87-45)57(76)61(80)70-30-15-14-20-47(70)62(81)86-50/h8-13,16-19,39-41,44-51,82H,14-15,20-38H2,1-7H3,(H,64,71)(H,65,72)(H,66,73)(H,67,77)/t39-,40-,41+,44+,45+,46+,47+,48+,49-,50+,51-,63-/m1/s1. The van der Waals surface area contributed by atoms with Gasteiger partial charge in [-0.3, -0.25) is 47.9 Å². The van der Waals surface area contributed by atoms with Gasteiger partial charge in [-0.2, -0.15) is 11.8 Å². The van der Waals surface area contributed by atoms with Crippen LogP contribution in [0, 0.1) is 17.8 Å². The van der Waals surface area contributed by atoms with Gasteiger partial charge in [-0.25, -0.2) is 4.79 Å². The Kier molecular flexibility index (Phi) is 27.2. The van der Waals surface area contributed by atoms with Gasteiger partial charge < -0.3 is 64.8 Å². The highest BCUT2D eigenvalue weighted by Gasteiger charge is 2.53. The molecule has 4 fully saturated rings. The van der Waals surface area contributed by atoms with Crippen molar-refractivity contribution in [2.24, 2.45) is 17.8 Å². The number of nitrogens with one attached hydrogen (secondary N) is 4. The number of carbonyl (C=O) groups is 11. The molecule has 88 heavy (non-hydrogen) atoms. The SMILES string of the molecule is COC(=O)CCC(=O)O[C@@H]1CC[C@@H](C[C@@H](C)[C@@H]2CC(=O)NCCNC(=O)CN(C)C(=O)[C@H](Cc3ccccc3)NC(=O)[C@H](Cc3ccccc3)N(C)C(=O)[C@H](C)NC(=O)CSCC[C@@H]3CC[C@@H](C)[C@@](O)(O3)C(=O)C(=O)N3CCCC[C@H]3C(=O)O2)C[C@H]1OC. The third-order valence-electron chi connectivity index (χ3n) is 17.0. The number of ketones is 1. The first-order chi connectivity index (χ1) is 42.0. The predicted octanol–water partition coefficient (Wildman–Crippen LogP) is 2.58. The van der Waals surface area contributed by atoms with E-state index < -0.39 is 138 Å². The second-order valence-corrected chi connectivity index (χ2v) is 24.7. The molecule has 7 amide bonds. The zero-order valence-corrected chi connectivity index (χ0v) is 52.5. The Labute approximate surface area is 519 Å². The lowest BCUT2D eigenvalue weighted by Gasteiger charge is -2.42. The minimum atomic E-state index is -2.54. The van der Waals surface area contributed by atoms with E-state index in [2.05, 4.69) is 26.0 Å². The van der Waals surface area contributed by atoms with Gasteiger partial charge in [-0.1, -0.05) is 74.5 Å². The van der Waals surface area contributed by atoms with Crippen LogP contribution in [0.1, 0.15) is 115 Å². The molecular formula is C63H89N7O17S. The molecule has 2 bridgehead atoms. The van der Waals surface area contributed by atoms with Gasteiger partial charge >= 0.3 is 17.9 Å². The number of aliphatic hydroxyl groups is 1. The molecule has 3 saturated heterocycles. The highest BCUT2D eigenvalue weighted by molar-refractivity contribution is 7.99. The molecule has 0 aromatic heterocycles. The molecule has 3 aliphatic heterocycles. The second kappa shape index (κ2) is 34.1. The van der Waals surface area contributed by atoms with Crippen LogP contribution in [0.25, 0.3) is 0 Å². The predicted molar refractivity (Wildman–Crippen MR) is 322 cm³/mol. The third kappa shape index (κ3) is 20.3. The smallest absolute Gasteiger partial charge is 0.329 e. The molecule has 484 valence electrons. The van der Waals surface area contributed by atoms with E-state index in [1.54, 1.807) is 55.5 Å². The molecule has 2 aromatic rings. The van der Waals surface area contributed by atoms with Crippen molar-refractivity contribution in [3.63, 3.8) is 0 Å². The van der Waals surface area contributed by atoms with Crippen molar-refractivity contribution < 1.29 is 81.5 Å². The summed E-state index contributed by atoms with van der Waals surface area (Å²) in [6.07, 6.45) is 0.628. The maximum absolute atomic E-state index is 14.6. The van der Waals surface area contributed by atoms with Gasteiger partial charge in [-0.15, -0.1) is 0 Å². The summed E-state index contributed by atoms with van der Waals surface area (Å²) in [5.41, 5.74) is 1.42. The number of amides is 7. The number of thioether (sulfide) groups is 1. The minimum Gasteiger partial charge on any atom is -0.469 e. The first-order valence-electron chi connectivity index (χ1n) is 30.6. The average molecular weight is 1250 g/mol. The van der Waals surface area contributed by atoms with E-state index in [1.807, 2.05) is 19.1 Å². The van der Waals surface area contributed by atoms with E-state index in [1.165, 1.54) is 56.8 Å². The fraction of sp³-hybridized carbons (Fsp3) is 0.635. The fourth-order valence-electron chi connectivity index (χ4n) is 11.8. The van der Waals surface area contributed by atoms with Crippen molar-refractivity contribution in [1.82, 2.24) is 36.0 Å². The number of carbonyl (C=O) groups excluding carboxylic acids is 11. The Morgan fingerprint density at radius 3 is 2.09 bits per heavy atom. The molecule has 12 atom stereocenters. The molecule has 3 heterocycles. The average Bonchev–Trinajstić information content (AvgIpc) is 1.25. The third-order valence-corrected chi connectivity index (χ3v) is 18.0. The van der Waals surface area contributed by atoms with Crippen LogP contribution in [0.5, 0.6) is 0 Å². The van der Waals surface area contributed by atoms with Crippen molar-refractivity contribution in [1.29, 1.82) is 0 Å². The van der Waals surface area contributed by atoms with E-state index >= 15 is 0 Å². The fourth-order valence-corrected chi connectivity index (χ4v) is 12.7. The number of fused-ring (bicyclic) bond motifs is 3. The topological polar surface area (TPSA) is 312 Å². The van der Waals surface area contributed by atoms with E-state index in [0.29, 0.717) is 68.2 Å². The lowest BCUT2D eigenvalue weighted by atomic mass is 9.78. The number of hydrogen-bond donors (Lipinski definition) is 5. The van der Waals surface area contributed by atoms with Crippen molar-refractivity contribution in [2.45, 2.75) is 171 Å². The number of hydrogen-bond acceptors (Lipinski definition) is 18. The molecule has 0 unspecified atom stereocenters. The van der Waals surface area contributed by atoms with Crippen LogP contribution in [0.15, 0.2) is 60.7 Å². The maximum Gasteiger partial charge on any atom is 0.329 e. The monoisotopic (exact) mass is 1250 g/mol. The first-order valence-corrected chi connectivity index (χ1v) is 31.7. The number of Topliss-reactive ketones (excluding diaryl/α,β-unsaturated/α-hetero) is 1. The van der Waals surface area contributed by atoms with Crippen molar-refractivity contribution in [3.05, 3.63) is 71.8 Å². The number of nitrogens with zero attached hydrogens (tertiary/aromatic N) is 3. The van der Waals surface area contributed by atoms with Crippen molar-refractivity contribution >= 4 is 76.8 Å². The quantitative estimate of drug-likeness (QED) is 0.116. The van der Waals surface area contributed by atoms with Crippen LogP contribution in [0.4, 0.5) is 0 Å². The molecule has 6 rings (SSSR count).